The molecule has 0 saturated carbocycles. The number of carbonyl (C=O) groups is 1. The molecule has 0 bridgehead atoms. The Morgan fingerprint density at radius 1 is 1.30 bits per heavy atom. The molecule has 4 atom stereocenters. The van der Waals surface area contributed by atoms with Crippen molar-refractivity contribution in [3.05, 3.63) is 42.7 Å². The number of ether oxygens (including phenoxy) is 1. The number of fused-ring (bicyclic) bond motifs is 1. The van der Waals surface area contributed by atoms with E-state index in [4.69, 9.17) is 19.5 Å². The lowest BCUT2D eigenvalue weighted by molar-refractivity contribution is -0.138. The zero-order valence-corrected chi connectivity index (χ0v) is 21.8. The van der Waals surface area contributed by atoms with Gasteiger partial charge in [-0.3, -0.25) is 9.32 Å². The van der Waals surface area contributed by atoms with Crippen molar-refractivity contribution in [3.8, 4) is 11.6 Å². The van der Waals surface area contributed by atoms with Gasteiger partial charge in [0.15, 0.2) is 11.2 Å². The number of rotatable bonds is 11. The molecule has 13 nitrogen and oxygen atoms in total. The maximum atomic E-state index is 13.6. The van der Waals surface area contributed by atoms with Crippen LogP contribution >= 0.6 is 7.75 Å². The van der Waals surface area contributed by atoms with Gasteiger partial charge in [0.25, 0.3) is 0 Å². The number of carboxylic acid groups (broad SMARTS) is 1. The number of hydrogen-bond donors (Lipinski definition) is 3. The van der Waals surface area contributed by atoms with Gasteiger partial charge in [-0.1, -0.05) is 12.2 Å². The van der Waals surface area contributed by atoms with Crippen LogP contribution < -0.4 is 25.0 Å². The molecule has 14 heteroatoms. The van der Waals surface area contributed by atoms with Crippen molar-refractivity contribution >= 4 is 36.5 Å². The van der Waals surface area contributed by atoms with Crippen molar-refractivity contribution in [1.82, 2.24) is 24.6 Å². The predicted molar refractivity (Wildman–Crippen MR) is 138 cm³/mol. The maximum absolute atomic E-state index is 13.6. The minimum atomic E-state index is -4.03. The van der Waals surface area contributed by atoms with Crippen molar-refractivity contribution in [2.75, 3.05) is 38.4 Å². The highest BCUT2D eigenvalue weighted by Gasteiger charge is 2.33. The fraction of sp³-hybridized carbons (Fsp3) is 0.391. The van der Waals surface area contributed by atoms with Gasteiger partial charge in [-0.05, 0) is 37.6 Å². The van der Waals surface area contributed by atoms with E-state index in [-0.39, 0.29) is 30.3 Å². The molecule has 1 aliphatic rings. The van der Waals surface area contributed by atoms with Gasteiger partial charge in [-0.2, -0.15) is 15.1 Å². The molecule has 0 saturated heterocycles. The van der Waals surface area contributed by atoms with E-state index < -0.39 is 19.8 Å². The lowest BCUT2D eigenvalue weighted by Crippen LogP contribution is -2.33. The number of nitrogens with zero attached hydrogens (tertiary/aromatic N) is 5. The highest BCUT2D eigenvalue weighted by molar-refractivity contribution is 7.52. The number of allylic oxidation sites excluding steroid dienone is 1. The van der Waals surface area contributed by atoms with Crippen LogP contribution in [0, 0.1) is 5.92 Å². The van der Waals surface area contributed by atoms with E-state index in [1.807, 2.05) is 35.7 Å². The van der Waals surface area contributed by atoms with Gasteiger partial charge < -0.3 is 29.6 Å². The normalized spacial score (nSPS) is 19.5. The zero-order valence-electron chi connectivity index (χ0n) is 20.9. The van der Waals surface area contributed by atoms with E-state index in [0.717, 1.165) is 5.69 Å². The first-order valence-electron chi connectivity index (χ1n) is 11.5. The van der Waals surface area contributed by atoms with E-state index in [9.17, 15) is 14.5 Å². The van der Waals surface area contributed by atoms with Gasteiger partial charge in [0.05, 0.1) is 26.1 Å². The summed E-state index contributed by atoms with van der Waals surface area (Å²) in [6.07, 6.45) is 6.15. The summed E-state index contributed by atoms with van der Waals surface area (Å²) in [5.41, 5.74) is 7.77. The number of methoxy groups -OCH3 is 1. The molecule has 37 heavy (non-hydrogen) atoms. The fourth-order valence-electron chi connectivity index (χ4n) is 3.89. The van der Waals surface area contributed by atoms with Gasteiger partial charge in [0, 0.05) is 25.7 Å². The quantitative estimate of drug-likeness (QED) is 0.245. The average molecular weight is 532 g/mol. The Hall–Kier alpha value is -3.67. The van der Waals surface area contributed by atoms with E-state index in [1.54, 1.807) is 30.6 Å². The minimum absolute atomic E-state index is 0.0342. The van der Waals surface area contributed by atoms with Crippen molar-refractivity contribution in [3.63, 3.8) is 0 Å². The van der Waals surface area contributed by atoms with Crippen molar-refractivity contribution in [2.24, 2.45) is 5.92 Å². The first kappa shape index (κ1) is 26.4. The van der Waals surface area contributed by atoms with Crippen LogP contribution in [0.5, 0.6) is 11.6 Å². The van der Waals surface area contributed by atoms with Crippen LogP contribution in [0.1, 0.15) is 19.4 Å². The first-order chi connectivity index (χ1) is 17.6. The molecular formula is C23H30N7O6P. The van der Waals surface area contributed by atoms with Crippen LogP contribution in [-0.2, 0) is 13.9 Å². The van der Waals surface area contributed by atoms with Crippen molar-refractivity contribution < 1.29 is 28.3 Å². The highest BCUT2D eigenvalue weighted by Crippen LogP contribution is 2.46. The lowest BCUT2D eigenvalue weighted by Gasteiger charge is -2.23. The van der Waals surface area contributed by atoms with Crippen LogP contribution in [0.2, 0.25) is 0 Å². The van der Waals surface area contributed by atoms with Crippen molar-refractivity contribution in [1.29, 1.82) is 0 Å². The fourth-order valence-corrected chi connectivity index (χ4v) is 5.45. The SMILES string of the molecule is COc1nc(N)nc2c1ncn2[C@H]1C=C[C@@H](COP(=O)(N[C@@H](C)C(=O)O)Oc2ccc(N(C)C)cc2)C1. The van der Waals surface area contributed by atoms with Crippen LogP contribution in [0.3, 0.4) is 0 Å². The molecule has 4 N–H and O–H groups in total. The summed E-state index contributed by atoms with van der Waals surface area (Å²) in [4.78, 5) is 26.0. The topological polar surface area (TPSA) is 167 Å². The smallest absolute Gasteiger partial charge is 0.459 e. The molecular weight excluding hydrogens is 501 g/mol. The minimum Gasteiger partial charge on any atom is -0.480 e. The number of nitrogens with two attached hydrogens (primary N) is 1. The molecule has 4 rings (SSSR count). The predicted octanol–water partition coefficient (Wildman–Crippen LogP) is 2.87. The van der Waals surface area contributed by atoms with Crippen LogP contribution in [0.4, 0.5) is 11.6 Å². The Labute approximate surface area is 213 Å². The van der Waals surface area contributed by atoms with Gasteiger partial charge >= 0.3 is 13.7 Å². The van der Waals surface area contributed by atoms with E-state index in [1.165, 1.54) is 14.0 Å². The number of hydrogen-bond acceptors (Lipinski definition) is 10. The lowest BCUT2D eigenvalue weighted by atomic mass is 10.1. The molecule has 0 radical (unpaired) electrons. The number of anilines is 2. The summed E-state index contributed by atoms with van der Waals surface area (Å²) in [5, 5.41) is 11.8. The second-order valence-corrected chi connectivity index (χ2v) is 10.5. The Morgan fingerprint density at radius 3 is 2.68 bits per heavy atom. The van der Waals surface area contributed by atoms with Gasteiger partial charge in [0.1, 0.15) is 11.8 Å². The van der Waals surface area contributed by atoms with E-state index in [2.05, 4.69) is 20.0 Å². The number of benzene rings is 1. The molecule has 1 unspecified atom stereocenters. The Balaban J connectivity index is 1.46. The molecule has 0 fully saturated rings. The van der Waals surface area contributed by atoms with Crippen LogP contribution in [-0.4, -0.2) is 64.4 Å². The Morgan fingerprint density at radius 2 is 2.03 bits per heavy atom. The van der Waals surface area contributed by atoms with Gasteiger partial charge in [-0.15, -0.1) is 0 Å². The summed E-state index contributed by atoms with van der Waals surface area (Å²) >= 11 is 0. The monoisotopic (exact) mass is 531 g/mol. The molecule has 2 aromatic heterocycles. The number of nitrogens with one attached hydrogen (secondary N) is 1. The Kier molecular flexibility index (Phi) is 7.67. The summed E-state index contributed by atoms with van der Waals surface area (Å²) in [5.74, 6) is -0.657. The molecule has 0 spiro atoms. The van der Waals surface area contributed by atoms with Crippen molar-refractivity contribution in [2.45, 2.75) is 25.4 Å². The van der Waals surface area contributed by atoms with Crippen LogP contribution in [0.15, 0.2) is 42.7 Å². The summed E-state index contributed by atoms with van der Waals surface area (Å²) in [6.45, 7) is 1.40. The molecule has 198 valence electrons. The number of nitrogen functional groups attached to an aromatic ring is 1. The Bertz CT molecular complexity index is 1340. The molecule has 1 aromatic carbocycles. The number of imidazole rings is 1. The first-order valence-corrected chi connectivity index (χ1v) is 13.1. The van der Waals surface area contributed by atoms with Gasteiger partial charge in [-0.25, -0.2) is 9.55 Å². The third-order valence-electron chi connectivity index (χ3n) is 5.87. The number of carboxylic acids is 1. The molecule has 1 aliphatic carbocycles. The second kappa shape index (κ2) is 10.8. The van der Waals surface area contributed by atoms with E-state index in [0.29, 0.717) is 23.5 Å². The van der Waals surface area contributed by atoms with E-state index >= 15 is 0 Å². The maximum Gasteiger partial charge on any atom is 0.459 e. The summed E-state index contributed by atoms with van der Waals surface area (Å²) < 4.78 is 32.1. The third kappa shape index (κ3) is 6.01. The number of aromatic nitrogens is 4. The molecule has 0 aliphatic heterocycles. The summed E-state index contributed by atoms with van der Waals surface area (Å²) in [6, 6.07) is 5.63. The van der Waals surface area contributed by atoms with Gasteiger partial charge in [0.2, 0.25) is 11.8 Å². The second-order valence-electron chi connectivity index (χ2n) is 8.83. The van der Waals surface area contributed by atoms with Crippen LogP contribution in [0.25, 0.3) is 11.2 Å². The standard InChI is InChI=1S/C23H30N7O6P/c1-14(22(31)32)28-37(33,36-18-9-7-16(8-10-18)29(2)3)35-12-15-5-6-17(11-15)30-13-25-19-20(30)26-23(24)27-21(19)34-4/h5-10,13-15,17H,11-12H2,1-4H3,(H,28,33)(H,31,32)(H2,24,26,27)/t14-,15+,17-,37?/m0/s1. The third-order valence-corrected chi connectivity index (χ3v) is 7.51. The number of aliphatic carboxylic acids is 1. The molecule has 2 heterocycles. The average Bonchev–Trinajstić information content (AvgIpc) is 3.49. The summed E-state index contributed by atoms with van der Waals surface area (Å²) in [7, 11) is 1.25. The highest BCUT2D eigenvalue weighted by atomic mass is 31.2. The molecule has 0 amide bonds. The molecule has 3 aromatic rings. The largest absolute Gasteiger partial charge is 0.480 e. The zero-order chi connectivity index (χ0) is 26.7.